The average Bonchev–Trinajstić information content (AvgIpc) is 2.62. The minimum absolute atomic E-state index is 0.132. The fourth-order valence-corrected chi connectivity index (χ4v) is 3.72. The second-order valence-corrected chi connectivity index (χ2v) is 7.05. The Morgan fingerprint density at radius 2 is 1.77 bits per heavy atom. The van der Waals surface area contributed by atoms with Crippen molar-refractivity contribution in [3.05, 3.63) is 59.7 Å². The Bertz CT molecular complexity index is 749. The minimum Gasteiger partial charge on any atom is -0.372 e. The third-order valence-corrected chi connectivity index (χ3v) is 5.47. The van der Waals surface area contributed by atoms with Crippen LogP contribution in [0.2, 0.25) is 0 Å². The first kappa shape index (κ1) is 18.3. The molecule has 0 spiro atoms. The molecule has 0 unspecified atom stereocenters. The van der Waals surface area contributed by atoms with Crippen LogP contribution < -0.4 is 15.5 Å². The van der Waals surface area contributed by atoms with Gasteiger partial charge < -0.3 is 15.5 Å². The lowest BCUT2D eigenvalue weighted by molar-refractivity contribution is 0.185. The van der Waals surface area contributed by atoms with Gasteiger partial charge in [0.25, 0.3) is 0 Å². The number of nitrogens with one attached hydrogen (secondary N) is 2. The van der Waals surface area contributed by atoms with Gasteiger partial charge in [-0.05, 0) is 69.4 Å². The quantitative estimate of drug-likeness (QED) is 0.765. The summed E-state index contributed by atoms with van der Waals surface area (Å²) in [4.78, 5) is 14.9. The molecule has 2 amide bonds. The lowest BCUT2D eigenvalue weighted by Crippen LogP contribution is -2.52. The van der Waals surface area contributed by atoms with E-state index in [1.165, 1.54) is 11.3 Å². The van der Waals surface area contributed by atoms with Crippen LogP contribution in [0.5, 0.6) is 0 Å². The Morgan fingerprint density at radius 1 is 1.08 bits per heavy atom. The van der Waals surface area contributed by atoms with Crippen LogP contribution in [0.15, 0.2) is 48.5 Å². The first-order valence-electron chi connectivity index (χ1n) is 9.58. The van der Waals surface area contributed by atoms with Crippen molar-refractivity contribution >= 4 is 17.4 Å². The van der Waals surface area contributed by atoms with Crippen molar-refractivity contribution in [2.45, 2.75) is 45.6 Å². The number of urea groups is 1. The molecule has 0 bridgehead atoms. The van der Waals surface area contributed by atoms with E-state index in [0.29, 0.717) is 0 Å². The van der Waals surface area contributed by atoms with Gasteiger partial charge in [-0.1, -0.05) is 30.3 Å². The highest BCUT2D eigenvalue weighted by atomic mass is 16.2. The van der Waals surface area contributed by atoms with Gasteiger partial charge in [0.15, 0.2) is 0 Å². The molecule has 0 aliphatic heterocycles. The molecule has 1 saturated carbocycles. The van der Waals surface area contributed by atoms with Crippen molar-refractivity contribution in [2.75, 3.05) is 23.3 Å². The van der Waals surface area contributed by atoms with E-state index in [1.54, 1.807) is 0 Å². The third kappa shape index (κ3) is 3.69. The van der Waals surface area contributed by atoms with E-state index in [2.05, 4.69) is 53.6 Å². The molecule has 1 aliphatic rings. The Labute approximate surface area is 156 Å². The predicted octanol–water partition coefficient (Wildman–Crippen LogP) is 5.04. The molecular weight excluding hydrogens is 322 g/mol. The number of carbonyl (C=O) groups excluding carboxylic acids is 1. The predicted molar refractivity (Wildman–Crippen MR) is 109 cm³/mol. The summed E-state index contributed by atoms with van der Waals surface area (Å²) in [7, 11) is 0. The maximum absolute atomic E-state index is 12.6. The van der Waals surface area contributed by atoms with Gasteiger partial charge in [-0.2, -0.15) is 0 Å². The molecule has 0 radical (unpaired) electrons. The van der Waals surface area contributed by atoms with E-state index in [-0.39, 0.29) is 11.6 Å². The molecule has 1 fully saturated rings. The van der Waals surface area contributed by atoms with Gasteiger partial charge in [0.2, 0.25) is 0 Å². The lowest BCUT2D eigenvalue weighted by atomic mass is 9.72. The number of nitrogens with zero attached hydrogens (tertiary/aromatic N) is 1. The van der Waals surface area contributed by atoms with Crippen molar-refractivity contribution in [1.29, 1.82) is 0 Å². The van der Waals surface area contributed by atoms with Crippen molar-refractivity contribution in [1.82, 2.24) is 5.32 Å². The molecule has 2 N–H and O–H groups in total. The minimum atomic E-state index is -0.222. The molecule has 2 aromatic carbocycles. The van der Waals surface area contributed by atoms with Gasteiger partial charge in [-0.25, -0.2) is 4.79 Å². The lowest BCUT2D eigenvalue weighted by Gasteiger charge is -2.43. The number of carbonyl (C=O) groups is 1. The zero-order valence-electron chi connectivity index (χ0n) is 16.0. The Hall–Kier alpha value is -2.49. The van der Waals surface area contributed by atoms with Crippen LogP contribution >= 0.6 is 0 Å². The normalized spacial score (nSPS) is 15.0. The molecular formula is C22H29N3O. The van der Waals surface area contributed by atoms with Crippen LogP contribution in [0.1, 0.15) is 44.2 Å². The molecule has 0 aromatic heterocycles. The van der Waals surface area contributed by atoms with E-state index < -0.39 is 0 Å². The third-order valence-electron chi connectivity index (χ3n) is 5.47. The van der Waals surface area contributed by atoms with Gasteiger partial charge in [-0.3, -0.25) is 0 Å². The fourth-order valence-electron chi connectivity index (χ4n) is 3.72. The van der Waals surface area contributed by atoms with E-state index in [4.69, 9.17) is 0 Å². The summed E-state index contributed by atoms with van der Waals surface area (Å²) in [6.07, 6.45) is 3.13. The Kier molecular flexibility index (Phi) is 5.50. The van der Waals surface area contributed by atoms with Crippen molar-refractivity contribution in [3.63, 3.8) is 0 Å². The van der Waals surface area contributed by atoms with Crippen molar-refractivity contribution in [3.8, 4) is 0 Å². The summed E-state index contributed by atoms with van der Waals surface area (Å²) >= 11 is 0. The van der Waals surface area contributed by atoms with E-state index in [9.17, 15) is 4.79 Å². The van der Waals surface area contributed by atoms with Crippen molar-refractivity contribution < 1.29 is 4.79 Å². The monoisotopic (exact) mass is 351 g/mol. The van der Waals surface area contributed by atoms with E-state index in [1.807, 2.05) is 31.2 Å². The zero-order valence-corrected chi connectivity index (χ0v) is 16.0. The SMILES string of the molecule is CCN(CC)c1ccc(NC(=O)NC2(c3ccccc3)CCC2)c(C)c1. The summed E-state index contributed by atoms with van der Waals surface area (Å²) in [6.45, 7) is 8.30. The Balaban J connectivity index is 1.70. The molecule has 138 valence electrons. The summed E-state index contributed by atoms with van der Waals surface area (Å²) in [6, 6.07) is 16.4. The summed E-state index contributed by atoms with van der Waals surface area (Å²) in [5.74, 6) is 0. The van der Waals surface area contributed by atoms with Crippen LogP contribution in [0, 0.1) is 6.92 Å². The fraction of sp³-hybridized carbons (Fsp3) is 0.409. The number of benzene rings is 2. The van der Waals surface area contributed by atoms with Gasteiger partial charge >= 0.3 is 6.03 Å². The largest absolute Gasteiger partial charge is 0.372 e. The van der Waals surface area contributed by atoms with Crippen LogP contribution in [0.3, 0.4) is 0 Å². The van der Waals surface area contributed by atoms with Crippen molar-refractivity contribution in [2.24, 2.45) is 0 Å². The smallest absolute Gasteiger partial charge is 0.319 e. The number of aryl methyl sites for hydroxylation is 1. The van der Waals surface area contributed by atoms with Crippen LogP contribution in [0.4, 0.5) is 16.2 Å². The number of rotatable bonds is 6. The zero-order chi connectivity index (χ0) is 18.6. The van der Waals surface area contributed by atoms with Crippen LogP contribution in [-0.2, 0) is 5.54 Å². The molecule has 4 nitrogen and oxygen atoms in total. The molecule has 0 atom stereocenters. The van der Waals surface area contributed by atoms with E-state index in [0.717, 1.165) is 43.6 Å². The van der Waals surface area contributed by atoms with E-state index >= 15 is 0 Å². The van der Waals surface area contributed by atoms with Crippen LogP contribution in [0.25, 0.3) is 0 Å². The highest BCUT2D eigenvalue weighted by molar-refractivity contribution is 5.91. The van der Waals surface area contributed by atoms with Crippen LogP contribution in [-0.4, -0.2) is 19.1 Å². The number of hydrogen-bond donors (Lipinski definition) is 2. The van der Waals surface area contributed by atoms with Gasteiger partial charge in [0.05, 0.1) is 5.54 Å². The number of anilines is 2. The number of amides is 2. The van der Waals surface area contributed by atoms with Gasteiger partial charge in [0, 0.05) is 24.5 Å². The molecule has 0 heterocycles. The molecule has 2 aromatic rings. The molecule has 4 heteroatoms. The molecule has 1 aliphatic carbocycles. The Morgan fingerprint density at radius 3 is 2.31 bits per heavy atom. The van der Waals surface area contributed by atoms with Gasteiger partial charge in [0.1, 0.15) is 0 Å². The highest BCUT2D eigenvalue weighted by Crippen LogP contribution is 2.41. The summed E-state index contributed by atoms with van der Waals surface area (Å²) in [5.41, 5.74) is 4.10. The molecule has 0 saturated heterocycles. The second kappa shape index (κ2) is 7.81. The standard InChI is InChI=1S/C22H29N3O/c1-4-25(5-2)19-12-13-20(17(3)16-19)23-21(26)24-22(14-9-15-22)18-10-7-6-8-11-18/h6-8,10-13,16H,4-5,9,14-15H2,1-3H3,(H2,23,24,26). The average molecular weight is 351 g/mol. The summed E-state index contributed by atoms with van der Waals surface area (Å²) < 4.78 is 0. The summed E-state index contributed by atoms with van der Waals surface area (Å²) in [5, 5.41) is 6.26. The van der Waals surface area contributed by atoms with Gasteiger partial charge in [-0.15, -0.1) is 0 Å². The highest BCUT2D eigenvalue weighted by Gasteiger charge is 2.39. The maximum Gasteiger partial charge on any atom is 0.319 e. The maximum atomic E-state index is 12.6. The topological polar surface area (TPSA) is 44.4 Å². The molecule has 26 heavy (non-hydrogen) atoms. The number of hydrogen-bond acceptors (Lipinski definition) is 2. The first-order valence-corrected chi connectivity index (χ1v) is 9.58. The second-order valence-electron chi connectivity index (χ2n) is 7.05. The molecule has 3 rings (SSSR count). The first-order chi connectivity index (χ1) is 12.6.